The molecule has 5 aromatic carbocycles. The van der Waals surface area contributed by atoms with Crippen LogP contribution in [0.25, 0.3) is 55.1 Å². The van der Waals surface area contributed by atoms with Crippen LogP contribution in [0.15, 0.2) is 121 Å². The van der Waals surface area contributed by atoms with Crippen molar-refractivity contribution in [3.63, 3.8) is 0 Å². The van der Waals surface area contributed by atoms with Crippen LogP contribution in [0.1, 0.15) is 0 Å². The first kappa shape index (κ1) is 22.5. The normalized spacial score (nSPS) is 11.8. The highest BCUT2D eigenvalue weighted by molar-refractivity contribution is 6.88. The van der Waals surface area contributed by atoms with Gasteiger partial charge in [0.2, 0.25) is 0 Å². The maximum atomic E-state index is 4.83. The Morgan fingerprint density at radius 1 is 0.500 bits per heavy atom. The fraction of sp³-hybridized carbons (Fsp3) is 0.0882. The number of hydrogen-bond acceptors (Lipinski definition) is 1. The summed E-state index contributed by atoms with van der Waals surface area (Å²) in [4.78, 5) is 4.83. The Labute approximate surface area is 214 Å². The Bertz CT molecular complexity index is 1690. The van der Waals surface area contributed by atoms with Crippen molar-refractivity contribution in [1.29, 1.82) is 0 Å². The smallest absolute Gasteiger partial charge is 0.0775 e. The van der Waals surface area contributed by atoms with E-state index < -0.39 is 8.07 Å². The predicted octanol–water partition coefficient (Wildman–Crippen LogP) is 8.93. The van der Waals surface area contributed by atoms with E-state index in [1.807, 2.05) is 6.20 Å². The van der Waals surface area contributed by atoms with Crippen molar-refractivity contribution in [1.82, 2.24) is 4.98 Å². The lowest BCUT2D eigenvalue weighted by Gasteiger charge is -2.16. The number of fused-ring (bicyclic) bond motifs is 2. The molecule has 0 bridgehead atoms. The highest BCUT2D eigenvalue weighted by Crippen LogP contribution is 2.31. The van der Waals surface area contributed by atoms with Crippen LogP contribution in [0.5, 0.6) is 0 Å². The van der Waals surface area contributed by atoms with E-state index in [9.17, 15) is 0 Å². The lowest BCUT2D eigenvalue weighted by Crippen LogP contribution is -2.37. The molecule has 0 N–H and O–H groups in total. The van der Waals surface area contributed by atoms with Gasteiger partial charge in [0.15, 0.2) is 0 Å². The first-order valence-corrected chi connectivity index (χ1v) is 16.0. The quantitative estimate of drug-likeness (QED) is 0.230. The second-order valence-corrected chi connectivity index (χ2v) is 15.6. The van der Waals surface area contributed by atoms with Crippen LogP contribution >= 0.6 is 0 Å². The molecule has 0 aliphatic carbocycles. The molecule has 1 heterocycles. The third-order valence-corrected chi connectivity index (χ3v) is 9.15. The van der Waals surface area contributed by atoms with E-state index in [1.54, 1.807) is 0 Å². The van der Waals surface area contributed by atoms with Crippen molar-refractivity contribution >= 4 is 34.9 Å². The van der Waals surface area contributed by atoms with Crippen LogP contribution in [0, 0.1) is 0 Å². The summed E-state index contributed by atoms with van der Waals surface area (Å²) in [5.41, 5.74) is 8.30. The standard InChI is InChI=1S/C34H29NSi/c1-36(2,3)31-19-17-24(18-20-31)28-15-16-29-21-30(23-35-34(29)22-28)25-11-13-27(14-12-25)33-10-6-8-26-7-4-5-9-32(26)33/h4-23H,1-3H3. The monoisotopic (exact) mass is 479 g/mol. The lowest BCUT2D eigenvalue weighted by atomic mass is 9.96. The van der Waals surface area contributed by atoms with Crippen molar-refractivity contribution < 1.29 is 0 Å². The number of benzene rings is 5. The summed E-state index contributed by atoms with van der Waals surface area (Å²) in [6.07, 6.45) is 1.99. The van der Waals surface area contributed by atoms with Gasteiger partial charge in [-0.2, -0.15) is 0 Å². The van der Waals surface area contributed by atoms with Gasteiger partial charge in [-0.3, -0.25) is 4.98 Å². The van der Waals surface area contributed by atoms with Crippen molar-refractivity contribution in [2.45, 2.75) is 19.6 Å². The van der Waals surface area contributed by atoms with E-state index in [0.717, 1.165) is 16.5 Å². The summed E-state index contributed by atoms with van der Waals surface area (Å²) in [6, 6.07) is 41.8. The zero-order valence-electron chi connectivity index (χ0n) is 21.0. The third-order valence-electron chi connectivity index (χ3n) is 7.09. The zero-order valence-corrected chi connectivity index (χ0v) is 22.0. The highest BCUT2D eigenvalue weighted by Gasteiger charge is 2.16. The average Bonchev–Trinajstić information content (AvgIpc) is 2.92. The van der Waals surface area contributed by atoms with Crippen LogP contribution in [-0.2, 0) is 0 Å². The van der Waals surface area contributed by atoms with E-state index in [-0.39, 0.29) is 0 Å². The van der Waals surface area contributed by atoms with Gasteiger partial charge in [0, 0.05) is 17.1 Å². The van der Waals surface area contributed by atoms with E-state index >= 15 is 0 Å². The number of nitrogens with zero attached hydrogens (tertiary/aromatic N) is 1. The molecule has 0 atom stereocenters. The largest absolute Gasteiger partial charge is 0.256 e. The Morgan fingerprint density at radius 2 is 1.14 bits per heavy atom. The number of pyridine rings is 1. The van der Waals surface area contributed by atoms with Crippen LogP contribution in [0.4, 0.5) is 0 Å². The number of aromatic nitrogens is 1. The molecule has 0 saturated heterocycles. The maximum Gasteiger partial charge on any atom is 0.0775 e. The van der Waals surface area contributed by atoms with Gasteiger partial charge < -0.3 is 0 Å². The minimum absolute atomic E-state index is 1.03. The third kappa shape index (κ3) is 4.25. The maximum absolute atomic E-state index is 4.83. The molecule has 0 saturated carbocycles. The minimum atomic E-state index is -1.29. The molecular weight excluding hydrogens is 450 g/mol. The summed E-state index contributed by atoms with van der Waals surface area (Å²) < 4.78 is 0. The summed E-state index contributed by atoms with van der Waals surface area (Å²) in [6.45, 7) is 7.16. The van der Waals surface area contributed by atoms with Gasteiger partial charge in [0.1, 0.15) is 0 Å². The molecule has 0 unspecified atom stereocenters. The van der Waals surface area contributed by atoms with E-state index in [4.69, 9.17) is 4.98 Å². The van der Waals surface area contributed by atoms with Crippen LogP contribution in [0.2, 0.25) is 19.6 Å². The highest BCUT2D eigenvalue weighted by atomic mass is 28.3. The summed E-state index contributed by atoms with van der Waals surface area (Å²) in [5.74, 6) is 0. The van der Waals surface area contributed by atoms with Crippen LogP contribution in [-0.4, -0.2) is 13.1 Å². The molecule has 0 fully saturated rings. The summed E-state index contributed by atoms with van der Waals surface area (Å²) >= 11 is 0. The predicted molar refractivity (Wildman–Crippen MR) is 159 cm³/mol. The molecule has 0 radical (unpaired) electrons. The minimum Gasteiger partial charge on any atom is -0.256 e. The van der Waals surface area contributed by atoms with Gasteiger partial charge in [-0.15, -0.1) is 0 Å². The molecule has 1 nitrogen and oxygen atoms in total. The Kier molecular flexibility index (Phi) is 5.54. The molecule has 0 aliphatic heterocycles. The fourth-order valence-electron chi connectivity index (χ4n) is 4.94. The molecule has 0 amide bonds. The van der Waals surface area contributed by atoms with E-state index in [2.05, 4.69) is 135 Å². The van der Waals surface area contributed by atoms with Crippen molar-refractivity contribution in [3.05, 3.63) is 121 Å². The van der Waals surface area contributed by atoms with Crippen LogP contribution < -0.4 is 5.19 Å². The van der Waals surface area contributed by atoms with Gasteiger partial charge in [0.05, 0.1) is 13.6 Å². The Hall–Kier alpha value is -4.01. The molecule has 0 aliphatic rings. The molecule has 6 rings (SSSR count). The first-order valence-electron chi connectivity index (χ1n) is 12.5. The molecule has 1 aromatic heterocycles. The van der Waals surface area contributed by atoms with Gasteiger partial charge in [-0.1, -0.05) is 128 Å². The summed E-state index contributed by atoms with van der Waals surface area (Å²) in [5, 5.41) is 5.20. The number of hydrogen-bond donors (Lipinski definition) is 0. The van der Waals surface area contributed by atoms with Crippen LogP contribution in [0.3, 0.4) is 0 Å². The topological polar surface area (TPSA) is 12.9 Å². The van der Waals surface area contributed by atoms with Gasteiger partial charge >= 0.3 is 0 Å². The van der Waals surface area contributed by atoms with Gasteiger partial charge in [-0.25, -0.2) is 0 Å². The molecule has 174 valence electrons. The van der Waals surface area contributed by atoms with Crippen molar-refractivity contribution in [2.24, 2.45) is 0 Å². The lowest BCUT2D eigenvalue weighted by molar-refractivity contribution is 1.41. The van der Waals surface area contributed by atoms with Crippen molar-refractivity contribution in [2.75, 3.05) is 0 Å². The van der Waals surface area contributed by atoms with Gasteiger partial charge in [0.25, 0.3) is 0 Å². The second kappa shape index (κ2) is 8.89. The molecule has 6 aromatic rings. The number of rotatable bonds is 4. The second-order valence-electron chi connectivity index (χ2n) is 10.6. The van der Waals surface area contributed by atoms with E-state index in [1.165, 1.54) is 43.8 Å². The first-order chi connectivity index (χ1) is 17.5. The van der Waals surface area contributed by atoms with E-state index in [0.29, 0.717) is 0 Å². The Balaban J connectivity index is 1.29. The fourth-order valence-corrected chi connectivity index (χ4v) is 6.11. The molecular formula is C34H29NSi. The SMILES string of the molecule is C[Si](C)(C)c1ccc(-c2ccc3cc(-c4ccc(-c5cccc6ccccc56)cc4)cnc3c2)cc1. The Morgan fingerprint density at radius 3 is 1.92 bits per heavy atom. The zero-order chi connectivity index (χ0) is 24.7. The average molecular weight is 480 g/mol. The molecule has 0 spiro atoms. The summed E-state index contributed by atoms with van der Waals surface area (Å²) in [7, 11) is -1.29. The van der Waals surface area contributed by atoms with Crippen molar-refractivity contribution in [3.8, 4) is 33.4 Å². The van der Waals surface area contributed by atoms with Gasteiger partial charge in [-0.05, 0) is 50.7 Å². The molecule has 36 heavy (non-hydrogen) atoms. The molecule has 2 heteroatoms.